The maximum atomic E-state index is 6.05. The summed E-state index contributed by atoms with van der Waals surface area (Å²) in [6, 6.07) is 0. The molecule has 20 heavy (non-hydrogen) atoms. The fourth-order valence-electron chi connectivity index (χ4n) is 2.00. The fourth-order valence-corrected chi connectivity index (χ4v) is 2.95. The Kier molecular flexibility index (Phi) is 4.65. The molecule has 112 valence electrons. The van der Waals surface area contributed by atoms with Crippen LogP contribution in [0.3, 0.4) is 0 Å². The molecular formula is C14H24N4OS. The average Bonchev–Trinajstić information content (AvgIpc) is 2.84. The highest BCUT2D eigenvalue weighted by Gasteiger charge is 2.19. The quantitative estimate of drug-likeness (QED) is 0.669. The highest BCUT2D eigenvalue weighted by atomic mass is 32.1. The molecule has 0 radical (unpaired) electrons. The third kappa shape index (κ3) is 3.93. The molecule has 5 nitrogen and oxygen atoms in total. The normalized spacial score (nSPS) is 21.3. The maximum Gasteiger partial charge on any atom is 0.191 e. The number of hydrogen-bond donors (Lipinski definition) is 1. The van der Waals surface area contributed by atoms with Crippen LogP contribution in [-0.2, 0) is 16.7 Å². The zero-order valence-electron chi connectivity index (χ0n) is 12.7. The molecule has 2 heterocycles. The van der Waals surface area contributed by atoms with Gasteiger partial charge in [0.2, 0.25) is 0 Å². The van der Waals surface area contributed by atoms with Crippen LogP contribution in [0.5, 0.6) is 0 Å². The van der Waals surface area contributed by atoms with Crippen molar-refractivity contribution < 1.29 is 4.74 Å². The molecule has 0 aromatic carbocycles. The van der Waals surface area contributed by atoms with Crippen LogP contribution in [0.15, 0.2) is 10.4 Å². The predicted octanol–water partition coefficient (Wildman–Crippen LogP) is 1.98. The summed E-state index contributed by atoms with van der Waals surface area (Å²) in [5.74, 6) is 0.590. The minimum absolute atomic E-state index is 0.0870. The van der Waals surface area contributed by atoms with E-state index in [1.165, 1.54) is 0 Å². The molecule has 1 aromatic rings. The Morgan fingerprint density at radius 1 is 1.60 bits per heavy atom. The van der Waals surface area contributed by atoms with Gasteiger partial charge in [0.05, 0.1) is 24.9 Å². The zero-order valence-corrected chi connectivity index (χ0v) is 13.5. The van der Waals surface area contributed by atoms with Crippen molar-refractivity contribution in [3.63, 3.8) is 0 Å². The molecule has 0 saturated carbocycles. The lowest BCUT2D eigenvalue weighted by atomic mass is 9.93. The molecule has 2 rings (SSSR count). The van der Waals surface area contributed by atoms with Gasteiger partial charge in [0.1, 0.15) is 5.01 Å². The van der Waals surface area contributed by atoms with Crippen LogP contribution in [-0.4, -0.2) is 41.6 Å². The number of aromatic nitrogens is 1. The number of nitrogens with two attached hydrogens (primary N) is 1. The van der Waals surface area contributed by atoms with Crippen LogP contribution in [0.25, 0.3) is 0 Å². The van der Waals surface area contributed by atoms with E-state index in [2.05, 4.69) is 48.0 Å². The lowest BCUT2D eigenvalue weighted by Gasteiger charge is -2.31. The molecule has 1 unspecified atom stereocenters. The van der Waals surface area contributed by atoms with Gasteiger partial charge in [-0.3, -0.25) is 0 Å². The van der Waals surface area contributed by atoms with Crippen LogP contribution >= 0.6 is 11.3 Å². The molecule has 1 atom stereocenters. The average molecular weight is 296 g/mol. The molecular weight excluding hydrogens is 272 g/mol. The molecule has 0 bridgehead atoms. The van der Waals surface area contributed by atoms with Crippen molar-refractivity contribution in [2.24, 2.45) is 10.7 Å². The summed E-state index contributed by atoms with van der Waals surface area (Å²) in [5.41, 5.74) is 7.25. The van der Waals surface area contributed by atoms with Crippen molar-refractivity contribution in [1.29, 1.82) is 0 Å². The summed E-state index contributed by atoms with van der Waals surface area (Å²) in [7, 11) is 0. The van der Waals surface area contributed by atoms with Gasteiger partial charge in [-0.2, -0.15) is 0 Å². The molecule has 0 amide bonds. The third-order valence-electron chi connectivity index (χ3n) is 3.26. The first-order valence-electron chi connectivity index (χ1n) is 6.97. The van der Waals surface area contributed by atoms with Gasteiger partial charge < -0.3 is 15.4 Å². The summed E-state index contributed by atoms with van der Waals surface area (Å²) in [5, 5.41) is 3.12. The monoisotopic (exact) mass is 296 g/mol. The van der Waals surface area contributed by atoms with Gasteiger partial charge in [-0.25, -0.2) is 9.98 Å². The van der Waals surface area contributed by atoms with E-state index in [1.54, 1.807) is 11.3 Å². The lowest BCUT2D eigenvalue weighted by molar-refractivity contribution is 0.00529. The van der Waals surface area contributed by atoms with Crippen LogP contribution in [0, 0.1) is 0 Å². The molecule has 1 aliphatic heterocycles. The first-order valence-corrected chi connectivity index (χ1v) is 7.85. The van der Waals surface area contributed by atoms with Crippen molar-refractivity contribution >= 4 is 17.3 Å². The van der Waals surface area contributed by atoms with Gasteiger partial charge in [0, 0.05) is 23.9 Å². The van der Waals surface area contributed by atoms with Crippen LogP contribution < -0.4 is 5.73 Å². The molecule has 1 aliphatic rings. The molecule has 0 aliphatic carbocycles. The Bertz CT molecular complexity index is 478. The van der Waals surface area contributed by atoms with Crippen molar-refractivity contribution in [2.75, 3.05) is 19.7 Å². The molecule has 1 saturated heterocycles. The number of thiazole rings is 1. The third-order valence-corrected chi connectivity index (χ3v) is 4.10. The minimum Gasteiger partial charge on any atom is -0.375 e. The van der Waals surface area contributed by atoms with E-state index in [-0.39, 0.29) is 11.5 Å². The molecule has 6 heteroatoms. The second kappa shape index (κ2) is 6.10. The predicted molar refractivity (Wildman–Crippen MR) is 83.1 cm³/mol. The molecule has 1 fully saturated rings. The number of hydrogen-bond acceptors (Lipinski definition) is 4. The standard InChI is InChI=1S/C14H24N4OS/c1-10-8-18(5-6-19-10)13(15)16-7-12-17-11(9-20-12)14(2,3)4/h9-10H,5-8H2,1-4H3,(H2,15,16). The Hall–Kier alpha value is -1.14. The van der Waals surface area contributed by atoms with Crippen LogP contribution in [0.1, 0.15) is 38.4 Å². The highest BCUT2D eigenvalue weighted by molar-refractivity contribution is 7.09. The zero-order chi connectivity index (χ0) is 14.8. The summed E-state index contributed by atoms with van der Waals surface area (Å²) in [6.45, 7) is 11.4. The Morgan fingerprint density at radius 3 is 2.95 bits per heavy atom. The van der Waals surface area contributed by atoms with E-state index >= 15 is 0 Å². The largest absolute Gasteiger partial charge is 0.375 e. The van der Waals surface area contributed by atoms with Gasteiger partial charge in [0.15, 0.2) is 5.96 Å². The van der Waals surface area contributed by atoms with E-state index in [9.17, 15) is 0 Å². The van der Waals surface area contributed by atoms with E-state index < -0.39 is 0 Å². The van der Waals surface area contributed by atoms with Crippen molar-refractivity contribution in [2.45, 2.75) is 45.8 Å². The SMILES string of the molecule is CC1CN(C(N)=NCc2nc(C(C)(C)C)cs2)CCO1. The maximum absolute atomic E-state index is 6.05. The Morgan fingerprint density at radius 2 is 2.35 bits per heavy atom. The van der Waals surface area contributed by atoms with Gasteiger partial charge in [0.25, 0.3) is 0 Å². The first kappa shape index (κ1) is 15.3. The van der Waals surface area contributed by atoms with Crippen LogP contribution in [0.4, 0.5) is 0 Å². The van der Waals surface area contributed by atoms with Crippen molar-refractivity contribution in [3.05, 3.63) is 16.1 Å². The number of rotatable bonds is 2. The smallest absolute Gasteiger partial charge is 0.191 e. The second-order valence-electron chi connectivity index (χ2n) is 6.18. The Labute approximate surface area is 124 Å². The molecule has 1 aromatic heterocycles. The van der Waals surface area contributed by atoms with E-state index in [0.717, 1.165) is 23.8 Å². The number of ether oxygens (including phenoxy) is 1. The summed E-state index contributed by atoms with van der Waals surface area (Å²) < 4.78 is 5.50. The number of morpholine rings is 1. The first-order chi connectivity index (χ1) is 9.36. The van der Waals surface area contributed by atoms with Crippen LogP contribution in [0.2, 0.25) is 0 Å². The lowest BCUT2D eigenvalue weighted by Crippen LogP contribution is -2.47. The highest BCUT2D eigenvalue weighted by Crippen LogP contribution is 2.24. The molecule has 2 N–H and O–H groups in total. The van der Waals surface area contributed by atoms with E-state index in [0.29, 0.717) is 19.1 Å². The number of aliphatic imine (C=N–C) groups is 1. The van der Waals surface area contributed by atoms with E-state index in [4.69, 9.17) is 10.5 Å². The topological polar surface area (TPSA) is 63.7 Å². The minimum atomic E-state index is 0.0870. The second-order valence-corrected chi connectivity index (χ2v) is 7.12. The van der Waals surface area contributed by atoms with E-state index in [1.807, 2.05) is 0 Å². The summed E-state index contributed by atoms with van der Waals surface area (Å²) in [4.78, 5) is 11.2. The van der Waals surface area contributed by atoms with Gasteiger partial charge in [-0.1, -0.05) is 20.8 Å². The van der Waals surface area contributed by atoms with Crippen molar-refractivity contribution in [1.82, 2.24) is 9.88 Å². The fraction of sp³-hybridized carbons (Fsp3) is 0.714. The summed E-state index contributed by atoms with van der Waals surface area (Å²) >= 11 is 1.65. The molecule has 0 spiro atoms. The number of guanidine groups is 1. The van der Waals surface area contributed by atoms with Gasteiger partial charge in [-0.05, 0) is 6.92 Å². The van der Waals surface area contributed by atoms with Gasteiger partial charge in [-0.15, -0.1) is 11.3 Å². The van der Waals surface area contributed by atoms with Crippen molar-refractivity contribution in [3.8, 4) is 0 Å². The van der Waals surface area contributed by atoms with Gasteiger partial charge >= 0.3 is 0 Å². The summed E-state index contributed by atoms with van der Waals surface area (Å²) in [6.07, 6.45) is 0.213. The Balaban J connectivity index is 1.96. The number of nitrogens with zero attached hydrogens (tertiary/aromatic N) is 3.